The van der Waals surface area contributed by atoms with Crippen molar-refractivity contribution in [2.24, 2.45) is 0 Å². The Morgan fingerprint density at radius 1 is 1.10 bits per heavy atom. The molecule has 0 N–H and O–H groups in total. The number of imide groups is 1. The van der Waals surface area contributed by atoms with Crippen LogP contribution in [-0.2, 0) is 9.59 Å². The zero-order valence-electron chi connectivity index (χ0n) is 6.28. The standard InChI is InChI=1S/C6H12N2O2/c1-3-7(4-2)8(5-9)6-10/h5-6H,3-4H2,1-2H3. The molecule has 58 valence electrons. The molecule has 0 aliphatic carbocycles. The topological polar surface area (TPSA) is 40.6 Å². The second-order valence-electron chi connectivity index (χ2n) is 1.73. The molecule has 0 aliphatic heterocycles. The number of carbonyl (C=O) groups excluding carboxylic acids is 2. The Morgan fingerprint density at radius 3 is 1.60 bits per heavy atom. The van der Waals surface area contributed by atoms with Gasteiger partial charge in [0, 0.05) is 13.1 Å². The number of hydrogen-bond donors (Lipinski definition) is 0. The van der Waals surface area contributed by atoms with Gasteiger partial charge in [-0.15, -0.1) is 0 Å². The molecule has 0 saturated carbocycles. The first kappa shape index (κ1) is 9.10. The maximum atomic E-state index is 10.1. The molecular weight excluding hydrogens is 132 g/mol. The molecule has 0 unspecified atom stereocenters. The fourth-order valence-corrected chi connectivity index (χ4v) is 0.708. The second-order valence-corrected chi connectivity index (χ2v) is 1.73. The number of hydrogen-bond acceptors (Lipinski definition) is 3. The van der Waals surface area contributed by atoms with Crippen LogP contribution in [0.2, 0.25) is 0 Å². The predicted molar refractivity (Wildman–Crippen MR) is 36.9 cm³/mol. The van der Waals surface area contributed by atoms with Crippen molar-refractivity contribution >= 4 is 12.8 Å². The highest BCUT2D eigenvalue weighted by Gasteiger charge is 2.06. The molecule has 10 heavy (non-hydrogen) atoms. The van der Waals surface area contributed by atoms with Gasteiger partial charge in [0.25, 0.3) is 0 Å². The van der Waals surface area contributed by atoms with Crippen LogP contribution in [0.15, 0.2) is 0 Å². The zero-order chi connectivity index (χ0) is 7.98. The van der Waals surface area contributed by atoms with E-state index in [0.717, 1.165) is 5.01 Å². The van der Waals surface area contributed by atoms with E-state index in [1.807, 2.05) is 13.8 Å². The third kappa shape index (κ3) is 2.14. The van der Waals surface area contributed by atoms with Crippen molar-refractivity contribution in [1.29, 1.82) is 0 Å². The Morgan fingerprint density at radius 2 is 1.50 bits per heavy atom. The molecule has 0 fully saturated rings. The molecule has 0 saturated heterocycles. The van der Waals surface area contributed by atoms with E-state index in [-0.39, 0.29) is 0 Å². The molecule has 0 aliphatic rings. The van der Waals surface area contributed by atoms with Crippen molar-refractivity contribution < 1.29 is 9.59 Å². The highest BCUT2D eigenvalue weighted by molar-refractivity contribution is 5.67. The summed E-state index contributed by atoms with van der Waals surface area (Å²) in [5.74, 6) is 0. The van der Waals surface area contributed by atoms with Gasteiger partial charge in [-0.3, -0.25) is 9.59 Å². The van der Waals surface area contributed by atoms with Crippen LogP contribution in [0.3, 0.4) is 0 Å². The number of nitrogens with zero attached hydrogens (tertiary/aromatic N) is 2. The molecular formula is C6H12N2O2. The minimum atomic E-state index is 0.500. The summed E-state index contributed by atoms with van der Waals surface area (Å²) in [4.78, 5) is 20.3. The van der Waals surface area contributed by atoms with Crippen LogP contribution in [0, 0.1) is 0 Å². The Bertz CT molecular complexity index is 104. The fourth-order valence-electron chi connectivity index (χ4n) is 0.708. The van der Waals surface area contributed by atoms with Crippen LogP contribution in [0.25, 0.3) is 0 Å². The highest BCUT2D eigenvalue weighted by Crippen LogP contribution is 1.88. The van der Waals surface area contributed by atoms with Gasteiger partial charge < -0.3 is 0 Å². The van der Waals surface area contributed by atoms with Gasteiger partial charge in [-0.1, -0.05) is 13.8 Å². The monoisotopic (exact) mass is 144 g/mol. The lowest BCUT2D eigenvalue weighted by Crippen LogP contribution is -2.40. The average Bonchev–Trinajstić information content (AvgIpc) is 2.00. The third-order valence-corrected chi connectivity index (χ3v) is 1.27. The summed E-state index contributed by atoms with van der Waals surface area (Å²) in [6.45, 7) is 5.08. The van der Waals surface area contributed by atoms with Gasteiger partial charge in [-0.05, 0) is 0 Å². The van der Waals surface area contributed by atoms with Crippen molar-refractivity contribution in [1.82, 2.24) is 10.0 Å². The molecule has 0 radical (unpaired) electrons. The maximum absolute atomic E-state index is 10.1. The van der Waals surface area contributed by atoms with Crippen LogP contribution < -0.4 is 0 Å². The molecule has 0 aromatic rings. The van der Waals surface area contributed by atoms with Gasteiger partial charge in [-0.2, -0.15) is 0 Å². The SMILES string of the molecule is CCN(CC)N(C=O)C=O. The lowest BCUT2D eigenvalue weighted by Gasteiger charge is -2.23. The molecule has 0 bridgehead atoms. The van der Waals surface area contributed by atoms with Crippen molar-refractivity contribution in [2.75, 3.05) is 13.1 Å². The summed E-state index contributed by atoms with van der Waals surface area (Å²) in [5, 5.41) is 2.62. The van der Waals surface area contributed by atoms with E-state index in [1.165, 1.54) is 0 Å². The predicted octanol–water partition coefficient (Wildman–Crippen LogP) is -0.142. The maximum Gasteiger partial charge on any atom is 0.230 e. The Balaban J connectivity index is 3.93. The molecule has 0 spiro atoms. The number of carbonyl (C=O) groups is 2. The molecule has 0 aromatic heterocycles. The third-order valence-electron chi connectivity index (χ3n) is 1.27. The lowest BCUT2D eigenvalue weighted by molar-refractivity contribution is -0.146. The van der Waals surface area contributed by atoms with Crippen LogP contribution in [-0.4, -0.2) is 35.9 Å². The van der Waals surface area contributed by atoms with Crippen LogP contribution in [0.5, 0.6) is 0 Å². The quantitative estimate of drug-likeness (QED) is 0.398. The van der Waals surface area contributed by atoms with Gasteiger partial charge in [-0.25, -0.2) is 10.0 Å². The summed E-state index contributed by atoms with van der Waals surface area (Å²) >= 11 is 0. The average molecular weight is 144 g/mol. The van der Waals surface area contributed by atoms with Gasteiger partial charge >= 0.3 is 0 Å². The molecule has 2 amide bonds. The van der Waals surface area contributed by atoms with Crippen LogP contribution in [0.1, 0.15) is 13.8 Å². The number of amides is 2. The Labute approximate surface area is 60.4 Å². The first-order chi connectivity index (χ1) is 4.79. The minimum absolute atomic E-state index is 0.500. The van der Waals surface area contributed by atoms with E-state index in [0.29, 0.717) is 25.9 Å². The van der Waals surface area contributed by atoms with E-state index in [9.17, 15) is 9.59 Å². The van der Waals surface area contributed by atoms with E-state index >= 15 is 0 Å². The van der Waals surface area contributed by atoms with Gasteiger partial charge in [0.15, 0.2) is 0 Å². The van der Waals surface area contributed by atoms with Crippen LogP contribution in [0.4, 0.5) is 0 Å². The summed E-state index contributed by atoms with van der Waals surface area (Å²) in [6.07, 6.45) is 1.00. The molecule has 0 aromatic carbocycles. The minimum Gasteiger partial charge on any atom is -0.277 e. The van der Waals surface area contributed by atoms with Crippen molar-refractivity contribution in [2.45, 2.75) is 13.8 Å². The molecule has 4 nitrogen and oxygen atoms in total. The largest absolute Gasteiger partial charge is 0.277 e. The van der Waals surface area contributed by atoms with E-state index in [1.54, 1.807) is 5.01 Å². The summed E-state index contributed by atoms with van der Waals surface area (Å²) in [5.41, 5.74) is 0. The Kier molecular flexibility index (Phi) is 4.49. The first-order valence-corrected chi connectivity index (χ1v) is 3.23. The molecule has 0 heterocycles. The molecule has 4 heteroatoms. The van der Waals surface area contributed by atoms with Crippen molar-refractivity contribution in [3.63, 3.8) is 0 Å². The van der Waals surface area contributed by atoms with Gasteiger partial charge in [0.05, 0.1) is 0 Å². The fraction of sp³-hybridized carbons (Fsp3) is 0.667. The van der Waals surface area contributed by atoms with E-state index in [2.05, 4.69) is 0 Å². The highest BCUT2D eigenvalue weighted by atomic mass is 16.2. The zero-order valence-corrected chi connectivity index (χ0v) is 6.28. The van der Waals surface area contributed by atoms with Gasteiger partial charge in [0.2, 0.25) is 12.8 Å². The molecule has 0 rings (SSSR count). The number of hydrazine groups is 1. The first-order valence-electron chi connectivity index (χ1n) is 3.23. The smallest absolute Gasteiger partial charge is 0.230 e. The normalized spacial score (nSPS) is 9.50. The van der Waals surface area contributed by atoms with Crippen molar-refractivity contribution in [3.8, 4) is 0 Å². The van der Waals surface area contributed by atoms with E-state index < -0.39 is 0 Å². The lowest BCUT2D eigenvalue weighted by atomic mass is 10.6. The number of rotatable bonds is 5. The summed E-state index contributed by atoms with van der Waals surface area (Å²) in [7, 11) is 0. The van der Waals surface area contributed by atoms with Crippen LogP contribution >= 0.6 is 0 Å². The van der Waals surface area contributed by atoms with E-state index in [4.69, 9.17) is 0 Å². The summed E-state index contributed by atoms with van der Waals surface area (Å²) < 4.78 is 0. The van der Waals surface area contributed by atoms with Crippen molar-refractivity contribution in [3.05, 3.63) is 0 Å². The summed E-state index contributed by atoms with van der Waals surface area (Å²) in [6, 6.07) is 0. The Hall–Kier alpha value is -0.900. The molecule has 0 atom stereocenters. The van der Waals surface area contributed by atoms with Gasteiger partial charge in [0.1, 0.15) is 0 Å². The second kappa shape index (κ2) is 4.93.